The second-order valence-electron chi connectivity index (χ2n) is 3.67. The van der Waals surface area contributed by atoms with Crippen molar-refractivity contribution in [2.24, 2.45) is 0 Å². The molecule has 0 aliphatic rings. The number of Topliss-reactive ketones (excluding diaryl/α,β-unsaturated/α-hetero) is 1. The molecule has 4 nitrogen and oxygen atoms in total. The van der Waals surface area contributed by atoms with E-state index in [1.54, 1.807) is 17.5 Å². The Labute approximate surface area is 130 Å². The monoisotopic (exact) mass is 402 g/mol. The third-order valence-electron chi connectivity index (χ3n) is 2.26. The fraction of sp³-hybridized carbons (Fsp3) is 0.0833. The highest BCUT2D eigenvalue weighted by atomic mass is 79.9. The number of aromatic nitrogens is 1. The number of thiazole rings is 1. The minimum atomic E-state index is -0.280. The maximum Gasteiger partial charge on any atom is 0.258 e. The largest absolute Gasteiger partial charge is 0.298 e. The summed E-state index contributed by atoms with van der Waals surface area (Å²) in [5.74, 6) is -0.405. The van der Waals surface area contributed by atoms with Gasteiger partial charge in [0.15, 0.2) is 10.9 Å². The van der Waals surface area contributed by atoms with Gasteiger partial charge in [0.2, 0.25) is 0 Å². The van der Waals surface area contributed by atoms with Crippen LogP contribution >= 0.6 is 43.2 Å². The number of hydrogen-bond acceptors (Lipinski definition) is 4. The lowest BCUT2D eigenvalue weighted by Crippen LogP contribution is -2.12. The quantitative estimate of drug-likeness (QED) is 0.784. The molecule has 0 saturated heterocycles. The van der Waals surface area contributed by atoms with Gasteiger partial charge in [-0.1, -0.05) is 15.9 Å². The van der Waals surface area contributed by atoms with Crippen LogP contribution in [0.15, 0.2) is 32.5 Å². The number of nitrogens with zero attached hydrogens (tertiary/aromatic N) is 1. The molecule has 19 heavy (non-hydrogen) atoms. The highest BCUT2D eigenvalue weighted by molar-refractivity contribution is 9.11. The lowest BCUT2D eigenvalue weighted by atomic mass is 10.2. The Morgan fingerprint density at radius 1 is 1.32 bits per heavy atom. The van der Waals surface area contributed by atoms with Crippen LogP contribution in [-0.4, -0.2) is 16.7 Å². The molecule has 7 heteroatoms. The topological polar surface area (TPSA) is 59.1 Å². The maximum absolute atomic E-state index is 12.1. The molecule has 0 aliphatic heterocycles. The van der Waals surface area contributed by atoms with E-state index in [2.05, 4.69) is 42.2 Å². The van der Waals surface area contributed by atoms with Crippen molar-refractivity contribution in [1.82, 2.24) is 4.98 Å². The predicted octanol–water partition coefficient (Wildman–Crippen LogP) is 4.12. The first-order valence-corrected chi connectivity index (χ1v) is 7.67. The SMILES string of the molecule is CC(=O)c1csc(NC(=O)c2cc(Br)ccc2Br)n1. The summed E-state index contributed by atoms with van der Waals surface area (Å²) in [5, 5.41) is 4.69. The van der Waals surface area contributed by atoms with E-state index in [1.165, 1.54) is 18.3 Å². The van der Waals surface area contributed by atoms with E-state index < -0.39 is 0 Å². The van der Waals surface area contributed by atoms with Crippen LogP contribution in [0.25, 0.3) is 0 Å². The van der Waals surface area contributed by atoms with Gasteiger partial charge in [0.25, 0.3) is 5.91 Å². The fourth-order valence-electron chi connectivity index (χ4n) is 1.33. The summed E-state index contributed by atoms with van der Waals surface area (Å²) in [5.41, 5.74) is 0.850. The summed E-state index contributed by atoms with van der Waals surface area (Å²) in [6.45, 7) is 1.44. The molecular weight excluding hydrogens is 396 g/mol. The zero-order valence-corrected chi connectivity index (χ0v) is 13.7. The number of anilines is 1. The normalized spacial score (nSPS) is 10.3. The Morgan fingerprint density at radius 3 is 2.68 bits per heavy atom. The van der Waals surface area contributed by atoms with Crippen molar-refractivity contribution in [1.29, 1.82) is 0 Å². The molecule has 1 aromatic carbocycles. The minimum absolute atomic E-state index is 0.125. The van der Waals surface area contributed by atoms with Crippen LogP contribution in [0.3, 0.4) is 0 Å². The number of nitrogens with one attached hydrogen (secondary N) is 1. The van der Waals surface area contributed by atoms with Gasteiger partial charge >= 0.3 is 0 Å². The Kier molecular flexibility index (Phi) is 4.49. The van der Waals surface area contributed by atoms with E-state index >= 15 is 0 Å². The third kappa shape index (κ3) is 3.49. The lowest BCUT2D eigenvalue weighted by Gasteiger charge is -2.04. The van der Waals surface area contributed by atoms with E-state index in [-0.39, 0.29) is 11.7 Å². The van der Waals surface area contributed by atoms with Crippen molar-refractivity contribution in [3.63, 3.8) is 0 Å². The maximum atomic E-state index is 12.1. The number of carbonyl (C=O) groups excluding carboxylic acids is 2. The zero-order valence-electron chi connectivity index (χ0n) is 9.74. The minimum Gasteiger partial charge on any atom is -0.298 e. The highest BCUT2D eigenvalue weighted by Gasteiger charge is 2.13. The predicted molar refractivity (Wildman–Crippen MR) is 81.9 cm³/mol. The van der Waals surface area contributed by atoms with Crippen molar-refractivity contribution >= 4 is 60.0 Å². The molecule has 0 radical (unpaired) electrons. The van der Waals surface area contributed by atoms with Gasteiger partial charge in [-0.2, -0.15) is 0 Å². The fourth-order valence-corrected chi connectivity index (χ4v) is 2.86. The average molecular weight is 404 g/mol. The second-order valence-corrected chi connectivity index (χ2v) is 6.30. The van der Waals surface area contributed by atoms with Crippen LogP contribution in [0.1, 0.15) is 27.8 Å². The molecule has 2 aromatic rings. The molecule has 0 saturated carbocycles. The van der Waals surface area contributed by atoms with E-state index in [9.17, 15) is 9.59 Å². The van der Waals surface area contributed by atoms with Crippen LogP contribution in [0, 0.1) is 0 Å². The van der Waals surface area contributed by atoms with Crippen molar-refractivity contribution in [3.05, 3.63) is 43.8 Å². The van der Waals surface area contributed by atoms with Crippen LogP contribution in [0.4, 0.5) is 5.13 Å². The molecule has 0 bridgehead atoms. The van der Waals surface area contributed by atoms with Gasteiger partial charge in [-0.15, -0.1) is 11.3 Å². The van der Waals surface area contributed by atoms with Crippen molar-refractivity contribution in [3.8, 4) is 0 Å². The lowest BCUT2D eigenvalue weighted by molar-refractivity contribution is 0.100. The molecule has 1 amide bonds. The molecule has 0 atom stereocenters. The van der Waals surface area contributed by atoms with Gasteiger partial charge in [-0.25, -0.2) is 4.98 Å². The summed E-state index contributed by atoms with van der Waals surface area (Å²) in [6.07, 6.45) is 0. The van der Waals surface area contributed by atoms with E-state index in [0.717, 1.165) is 4.47 Å². The van der Waals surface area contributed by atoms with E-state index in [1.807, 2.05) is 6.07 Å². The average Bonchev–Trinajstić information content (AvgIpc) is 2.80. The number of halogens is 2. The van der Waals surface area contributed by atoms with Crippen LogP contribution in [0.2, 0.25) is 0 Å². The Balaban J connectivity index is 2.20. The first-order valence-electron chi connectivity index (χ1n) is 5.20. The van der Waals surface area contributed by atoms with Gasteiger partial charge in [-0.3, -0.25) is 14.9 Å². The first kappa shape index (κ1) is 14.4. The van der Waals surface area contributed by atoms with Crippen LogP contribution in [-0.2, 0) is 0 Å². The number of benzene rings is 1. The van der Waals surface area contributed by atoms with Crippen molar-refractivity contribution in [2.45, 2.75) is 6.92 Å². The summed E-state index contributed by atoms with van der Waals surface area (Å²) < 4.78 is 1.50. The molecule has 1 N–H and O–H groups in total. The second kappa shape index (κ2) is 5.94. The summed E-state index contributed by atoms with van der Waals surface area (Å²) >= 11 is 7.85. The summed E-state index contributed by atoms with van der Waals surface area (Å²) in [7, 11) is 0. The number of carbonyl (C=O) groups is 2. The molecule has 0 aliphatic carbocycles. The number of rotatable bonds is 3. The Morgan fingerprint density at radius 2 is 2.05 bits per heavy atom. The molecule has 0 fully saturated rings. The first-order chi connectivity index (χ1) is 8.97. The molecule has 0 unspecified atom stereocenters. The molecule has 98 valence electrons. The summed E-state index contributed by atoms with van der Waals surface area (Å²) in [4.78, 5) is 27.3. The number of amides is 1. The molecule has 2 rings (SSSR count). The van der Waals surface area contributed by atoms with Gasteiger partial charge in [-0.05, 0) is 34.1 Å². The van der Waals surface area contributed by atoms with Crippen LogP contribution in [0.5, 0.6) is 0 Å². The third-order valence-corrected chi connectivity index (χ3v) is 4.20. The van der Waals surface area contributed by atoms with E-state index in [4.69, 9.17) is 0 Å². The molecule has 0 spiro atoms. The number of ketones is 1. The smallest absolute Gasteiger partial charge is 0.258 e. The van der Waals surface area contributed by atoms with Gasteiger partial charge in [0.1, 0.15) is 5.69 Å². The van der Waals surface area contributed by atoms with Crippen molar-refractivity contribution < 1.29 is 9.59 Å². The van der Waals surface area contributed by atoms with Crippen molar-refractivity contribution in [2.75, 3.05) is 5.32 Å². The van der Waals surface area contributed by atoms with E-state index in [0.29, 0.717) is 20.9 Å². The molecular formula is C12H8Br2N2O2S. The zero-order chi connectivity index (χ0) is 14.0. The molecule has 1 heterocycles. The van der Waals surface area contributed by atoms with Gasteiger partial charge in [0, 0.05) is 21.2 Å². The van der Waals surface area contributed by atoms with Gasteiger partial charge < -0.3 is 0 Å². The standard InChI is InChI=1S/C12H8Br2N2O2S/c1-6(17)10-5-19-12(15-10)16-11(18)8-4-7(13)2-3-9(8)14/h2-5H,1H3,(H,15,16,18). The molecule has 1 aromatic heterocycles. The van der Waals surface area contributed by atoms with Gasteiger partial charge in [0.05, 0.1) is 5.56 Å². The van der Waals surface area contributed by atoms with Crippen LogP contribution < -0.4 is 5.32 Å². The highest BCUT2D eigenvalue weighted by Crippen LogP contribution is 2.23. The Hall–Kier alpha value is -1.05. The summed E-state index contributed by atoms with van der Waals surface area (Å²) in [6, 6.07) is 5.32. The Bertz CT molecular complexity index is 655. The number of hydrogen-bond donors (Lipinski definition) is 1.